The summed E-state index contributed by atoms with van der Waals surface area (Å²) in [5, 5.41) is 3.58. The van der Waals surface area contributed by atoms with Gasteiger partial charge in [0, 0.05) is 24.8 Å². The highest BCUT2D eigenvalue weighted by Crippen LogP contribution is 2.31. The molecule has 2 nitrogen and oxygen atoms in total. The Morgan fingerprint density at radius 1 is 1.35 bits per heavy atom. The summed E-state index contributed by atoms with van der Waals surface area (Å²) in [5.74, 6) is 0.849. The van der Waals surface area contributed by atoms with Crippen LogP contribution in [0.5, 0.6) is 0 Å². The molecule has 0 saturated carbocycles. The molecule has 0 radical (unpaired) electrons. The van der Waals surface area contributed by atoms with E-state index in [0.29, 0.717) is 6.04 Å². The number of nitrogens with zero attached hydrogens (tertiary/aromatic N) is 1. The summed E-state index contributed by atoms with van der Waals surface area (Å²) < 4.78 is 0. The van der Waals surface area contributed by atoms with Gasteiger partial charge >= 0.3 is 0 Å². The zero-order chi connectivity index (χ0) is 12.3. The molecule has 2 rings (SSSR count). The fourth-order valence-corrected chi connectivity index (χ4v) is 2.51. The van der Waals surface area contributed by atoms with Gasteiger partial charge in [0.15, 0.2) is 0 Å². The smallest absolute Gasteiger partial charge is 0.0414 e. The molecule has 0 amide bonds. The zero-order valence-corrected chi connectivity index (χ0v) is 11.2. The number of anilines is 1. The quantitative estimate of drug-likeness (QED) is 0.838. The number of hydrogen-bond acceptors (Lipinski definition) is 2. The van der Waals surface area contributed by atoms with Crippen LogP contribution in [0.2, 0.25) is 0 Å². The van der Waals surface area contributed by atoms with Crippen molar-refractivity contribution in [1.82, 2.24) is 5.32 Å². The van der Waals surface area contributed by atoms with Crippen molar-refractivity contribution in [2.24, 2.45) is 5.92 Å². The van der Waals surface area contributed by atoms with Crippen molar-refractivity contribution in [3.63, 3.8) is 0 Å². The molecule has 1 saturated heterocycles. The Labute approximate surface area is 105 Å². The molecule has 0 aliphatic carbocycles. The first-order valence-corrected chi connectivity index (χ1v) is 6.79. The topological polar surface area (TPSA) is 15.3 Å². The molecule has 2 heteroatoms. The fourth-order valence-electron chi connectivity index (χ4n) is 2.51. The van der Waals surface area contributed by atoms with Crippen LogP contribution in [-0.2, 0) is 0 Å². The van der Waals surface area contributed by atoms with Gasteiger partial charge in [-0.3, -0.25) is 0 Å². The van der Waals surface area contributed by atoms with Gasteiger partial charge in [-0.05, 0) is 37.4 Å². The highest BCUT2D eigenvalue weighted by molar-refractivity contribution is 5.56. The number of benzene rings is 1. The van der Waals surface area contributed by atoms with Crippen LogP contribution in [-0.4, -0.2) is 19.6 Å². The summed E-state index contributed by atoms with van der Waals surface area (Å²) in [6.45, 7) is 10.3. The third-order valence-corrected chi connectivity index (χ3v) is 3.51. The van der Waals surface area contributed by atoms with Crippen molar-refractivity contribution < 1.29 is 0 Å². The summed E-state index contributed by atoms with van der Waals surface area (Å²) in [6.07, 6.45) is 1.19. The number of rotatable bonds is 5. The van der Waals surface area contributed by atoms with Gasteiger partial charge in [-0.15, -0.1) is 0 Å². The Balaban J connectivity index is 2.10. The lowest BCUT2D eigenvalue weighted by atomic mass is 9.98. The first-order chi connectivity index (χ1) is 8.22. The molecular weight excluding hydrogens is 208 g/mol. The summed E-state index contributed by atoms with van der Waals surface area (Å²) in [6, 6.07) is 9.25. The van der Waals surface area contributed by atoms with E-state index in [4.69, 9.17) is 0 Å². The van der Waals surface area contributed by atoms with Gasteiger partial charge in [0.1, 0.15) is 0 Å². The molecule has 0 bridgehead atoms. The summed E-state index contributed by atoms with van der Waals surface area (Å²) >= 11 is 0. The minimum Gasteiger partial charge on any atom is -0.371 e. The van der Waals surface area contributed by atoms with Gasteiger partial charge < -0.3 is 10.2 Å². The molecular formula is C15H24N2. The molecule has 94 valence electrons. The first-order valence-electron chi connectivity index (χ1n) is 6.79. The Morgan fingerprint density at radius 3 is 2.71 bits per heavy atom. The van der Waals surface area contributed by atoms with Gasteiger partial charge in [0.2, 0.25) is 0 Å². The molecule has 1 N–H and O–H groups in total. The van der Waals surface area contributed by atoms with Crippen molar-refractivity contribution in [1.29, 1.82) is 0 Å². The SMILES string of the molecule is CCCNC(C)c1ccccc1N1CC(C)C1. The summed E-state index contributed by atoms with van der Waals surface area (Å²) in [4.78, 5) is 2.49. The van der Waals surface area contributed by atoms with Gasteiger partial charge in [-0.2, -0.15) is 0 Å². The predicted molar refractivity (Wildman–Crippen MR) is 74.5 cm³/mol. The second kappa shape index (κ2) is 5.54. The predicted octanol–water partition coefficient (Wildman–Crippen LogP) is 3.20. The fraction of sp³-hybridized carbons (Fsp3) is 0.600. The van der Waals surface area contributed by atoms with E-state index in [1.807, 2.05) is 0 Å². The molecule has 1 aliphatic rings. The lowest BCUT2D eigenvalue weighted by Crippen LogP contribution is -2.45. The Kier molecular flexibility index (Phi) is 4.06. The average Bonchev–Trinajstić information content (AvgIpc) is 2.32. The van der Waals surface area contributed by atoms with Crippen LogP contribution in [0, 0.1) is 5.92 Å². The maximum atomic E-state index is 3.58. The zero-order valence-electron chi connectivity index (χ0n) is 11.2. The molecule has 0 spiro atoms. The average molecular weight is 232 g/mol. The van der Waals surface area contributed by atoms with Crippen LogP contribution >= 0.6 is 0 Å². The highest BCUT2D eigenvalue weighted by Gasteiger charge is 2.25. The third kappa shape index (κ3) is 2.81. The molecule has 1 aromatic rings. The van der Waals surface area contributed by atoms with Crippen molar-refractivity contribution in [2.45, 2.75) is 33.2 Å². The summed E-state index contributed by atoms with van der Waals surface area (Å²) in [7, 11) is 0. The van der Waals surface area contributed by atoms with E-state index < -0.39 is 0 Å². The van der Waals surface area contributed by atoms with Crippen molar-refractivity contribution >= 4 is 5.69 Å². The maximum Gasteiger partial charge on any atom is 0.0414 e. The number of para-hydroxylation sites is 1. The van der Waals surface area contributed by atoms with Crippen molar-refractivity contribution in [3.8, 4) is 0 Å². The highest BCUT2D eigenvalue weighted by atomic mass is 15.2. The molecule has 1 aromatic carbocycles. The third-order valence-electron chi connectivity index (χ3n) is 3.51. The van der Waals surface area contributed by atoms with E-state index in [2.05, 4.69) is 55.3 Å². The minimum atomic E-state index is 0.446. The van der Waals surface area contributed by atoms with Crippen LogP contribution in [0.1, 0.15) is 38.8 Å². The Morgan fingerprint density at radius 2 is 2.06 bits per heavy atom. The van der Waals surface area contributed by atoms with E-state index in [1.165, 1.54) is 30.8 Å². The molecule has 1 atom stereocenters. The van der Waals surface area contributed by atoms with Crippen LogP contribution in [0.15, 0.2) is 24.3 Å². The Bertz CT molecular complexity index is 356. The van der Waals surface area contributed by atoms with E-state index >= 15 is 0 Å². The maximum absolute atomic E-state index is 3.58. The van der Waals surface area contributed by atoms with Crippen LogP contribution in [0.25, 0.3) is 0 Å². The number of hydrogen-bond donors (Lipinski definition) is 1. The van der Waals surface area contributed by atoms with Crippen LogP contribution in [0.3, 0.4) is 0 Å². The molecule has 1 heterocycles. The van der Waals surface area contributed by atoms with Crippen molar-refractivity contribution in [3.05, 3.63) is 29.8 Å². The van der Waals surface area contributed by atoms with Gasteiger partial charge in [-0.1, -0.05) is 32.0 Å². The Hall–Kier alpha value is -1.02. The van der Waals surface area contributed by atoms with Crippen LogP contribution < -0.4 is 10.2 Å². The molecule has 0 aromatic heterocycles. The van der Waals surface area contributed by atoms with Crippen molar-refractivity contribution in [2.75, 3.05) is 24.5 Å². The second-order valence-electron chi connectivity index (χ2n) is 5.24. The largest absolute Gasteiger partial charge is 0.371 e. The monoisotopic (exact) mass is 232 g/mol. The molecule has 17 heavy (non-hydrogen) atoms. The lowest BCUT2D eigenvalue weighted by Gasteiger charge is -2.41. The van der Waals surface area contributed by atoms with Crippen LogP contribution in [0.4, 0.5) is 5.69 Å². The lowest BCUT2D eigenvalue weighted by molar-refractivity contribution is 0.443. The van der Waals surface area contributed by atoms with E-state index in [0.717, 1.165) is 12.5 Å². The standard InChI is InChI=1S/C15H24N2/c1-4-9-16-13(3)14-7-5-6-8-15(14)17-10-12(2)11-17/h5-8,12-13,16H,4,9-11H2,1-3H3. The van der Waals surface area contributed by atoms with E-state index in [-0.39, 0.29) is 0 Å². The van der Waals surface area contributed by atoms with Gasteiger partial charge in [0.05, 0.1) is 0 Å². The first kappa shape index (κ1) is 12.4. The minimum absolute atomic E-state index is 0.446. The van der Waals surface area contributed by atoms with E-state index in [9.17, 15) is 0 Å². The molecule has 1 unspecified atom stereocenters. The second-order valence-corrected chi connectivity index (χ2v) is 5.24. The normalized spacial score (nSPS) is 17.9. The number of nitrogens with one attached hydrogen (secondary N) is 1. The molecule has 1 fully saturated rings. The van der Waals surface area contributed by atoms with Gasteiger partial charge in [0.25, 0.3) is 0 Å². The molecule has 1 aliphatic heterocycles. The summed E-state index contributed by atoms with van der Waals surface area (Å²) in [5.41, 5.74) is 2.86. The van der Waals surface area contributed by atoms with E-state index in [1.54, 1.807) is 0 Å². The van der Waals surface area contributed by atoms with Gasteiger partial charge in [-0.25, -0.2) is 0 Å².